The zero-order valence-corrected chi connectivity index (χ0v) is 16.5. The second kappa shape index (κ2) is 16.4. The maximum atomic E-state index is 11.8. The number of aromatic nitrogens is 2. The molecular weight excluding hydrogens is 308 g/mol. The molecule has 144 valence electrons. The van der Waals surface area contributed by atoms with Gasteiger partial charge in [-0.2, -0.15) is 0 Å². The molecule has 25 heavy (non-hydrogen) atoms. The highest BCUT2D eigenvalue weighted by atomic mass is 16.1. The molecular formula is C22H40N2O. The van der Waals surface area contributed by atoms with E-state index >= 15 is 0 Å². The molecule has 0 radical (unpaired) electrons. The number of hydrogen-bond acceptors (Lipinski definition) is 2. The van der Waals surface area contributed by atoms with Gasteiger partial charge in [0.1, 0.15) is 0 Å². The number of unbranched alkanes of at least 4 members (excludes halogenated alkanes) is 15. The Labute approximate surface area is 155 Å². The van der Waals surface area contributed by atoms with Crippen LogP contribution in [0.4, 0.5) is 0 Å². The van der Waals surface area contributed by atoms with Crippen LogP contribution < -0.4 is 0 Å². The van der Waals surface area contributed by atoms with Crippen molar-refractivity contribution in [3.8, 4) is 0 Å². The van der Waals surface area contributed by atoms with E-state index in [1.165, 1.54) is 96.3 Å². The minimum Gasteiger partial charge on any atom is -0.342 e. The van der Waals surface area contributed by atoms with Crippen LogP contribution in [0.25, 0.3) is 0 Å². The van der Waals surface area contributed by atoms with Gasteiger partial charge in [0, 0.05) is 18.8 Å². The Morgan fingerprint density at radius 3 is 1.60 bits per heavy atom. The molecule has 0 aliphatic rings. The average Bonchev–Trinajstić information content (AvgIpc) is 3.16. The smallest absolute Gasteiger partial charge is 0.198 e. The van der Waals surface area contributed by atoms with Crippen molar-refractivity contribution < 1.29 is 4.79 Å². The Kier molecular flexibility index (Phi) is 14.3. The number of ketones is 1. The number of nitrogens with zero attached hydrogens (tertiary/aromatic N) is 1. The molecule has 0 saturated carbocycles. The number of rotatable bonds is 18. The van der Waals surface area contributed by atoms with Crippen molar-refractivity contribution in [1.82, 2.24) is 9.97 Å². The minimum absolute atomic E-state index is 0.148. The lowest BCUT2D eigenvalue weighted by Gasteiger charge is -2.03. The number of nitrogens with one attached hydrogen (secondary N) is 1. The first-order valence-electron chi connectivity index (χ1n) is 10.9. The van der Waals surface area contributed by atoms with Crippen molar-refractivity contribution >= 4 is 5.78 Å². The lowest BCUT2D eigenvalue weighted by Crippen LogP contribution is -2.01. The van der Waals surface area contributed by atoms with E-state index in [1.807, 2.05) is 0 Å². The molecule has 0 aliphatic carbocycles. The number of H-pyrrole nitrogens is 1. The molecule has 3 heteroatoms. The molecule has 0 aliphatic heterocycles. The molecule has 1 heterocycles. The van der Waals surface area contributed by atoms with Crippen LogP contribution in [0.3, 0.4) is 0 Å². The third kappa shape index (κ3) is 12.8. The number of carbonyl (C=O) groups is 1. The van der Waals surface area contributed by atoms with E-state index in [-0.39, 0.29) is 5.78 Å². The number of carbonyl (C=O) groups excluding carboxylic acids is 1. The number of aromatic amines is 1. The molecule has 1 aromatic heterocycles. The van der Waals surface area contributed by atoms with E-state index in [0.717, 1.165) is 6.42 Å². The Morgan fingerprint density at radius 2 is 1.20 bits per heavy atom. The second-order valence-corrected chi connectivity index (χ2v) is 7.41. The Hall–Kier alpha value is -1.12. The predicted molar refractivity (Wildman–Crippen MR) is 107 cm³/mol. The van der Waals surface area contributed by atoms with E-state index in [0.29, 0.717) is 12.2 Å². The highest BCUT2D eigenvalue weighted by molar-refractivity contribution is 5.92. The van der Waals surface area contributed by atoms with Gasteiger partial charge in [0.05, 0.1) is 0 Å². The van der Waals surface area contributed by atoms with Gasteiger partial charge in [-0.3, -0.25) is 4.79 Å². The molecule has 1 N–H and O–H groups in total. The molecule has 1 aromatic rings. The SMILES string of the molecule is CCCCCCCCCCCCCCCCCCC(=O)c1ncc[nH]1. The average molecular weight is 349 g/mol. The molecule has 0 spiro atoms. The van der Waals surface area contributed by atoms with Crippen molar-refractivity contribution in [3.05, 3.63) is 18.2 Å². The third-order valence-electron chi connectivity index (χ3n) is 5.02. The number of hydrogen-bond donors (Lipinski definition) is 1. The zero-order valence-electron chi connectivity index (χ0n) is 16.5. The van der Waals surface area contributed by atoms with E-state index in [4.69, 9.17) is 0 Å². The molecule has 0 bridgehead atoms. The van der Waals surface area contributed by atoms with Crippen LogP contribution in [0.5, 0.6) is 0 Å². The summed E-state index contributed by atoms with van der Waals surface area (Å²) in [6, 6.07) is 0. The summed E-state index contributed by atoms with van der Waals surface area (Å²) >= 11 is 0. The van der Waals surface area contributed by atoms with E-state index in [9.17, 15) is 4.79 Å². The van der Waals surface area contributed by atoms with Gasteiger partial charge in [-0.05, 0) is 6.42 Å². The van der Waals surface area contributed by atoms with Crippen LogP contribution in [0, 0.1) is 0 Å². The minimum atomic E-state index is 0.148. The highest BCUT2D eigenvalue weighted by Gasteiger charge is 2.06. The molecule has 0 aromatic carbocycles. The fourth-order valence-corrected chi connectivity index (χ4v) is 3.37. The second-order valence-electron chi connectivity index (χ2n) is 7.41. The summed E-state index contributed by atoms with van der Waals surface area (Å²) in [5.74, 6) is 0.663. The first-order chi connectivity index (χ1) is 12.3. The van der Waals surface area contributed by atoms with Crippen LogP contribution in [0.1, 0.15) is 127 Å². The maximum absolute atomic E-state index is 11.8. The van der Waals surface area contributed by atoms with Crippen LogP contribution in [0.15, 0.2) is 12.4 Å². The molecule has 0 amide bonds. The molecule has 0 fully saturated rings. The monoisotopic (exact) mass is 348 g/mol. The van der Waals surface area contributed by atoms with E-state index < -0.39 is 0 Å². The van der Waals surface area contributed by atoms with Gasteiger partial charge in [0.15, 0.2) is 11.6 Å². The molecule has 0 saturated heterocycles. The van der Waals surface area contributed by atoms with Crippen LogP contribution in [-0.2, 0) is 0 Å². The normalized spacial score (nSPS) is 11.1. The molecule has 0 unspecified atom stereocenters. The van der Waals surface area contributed by atoms with E-state index in [2.05, 4.69) is 16.9 Å². The van der Waals surface area contributed by atoms with Crippen molar-refractivity contribution in [2.24, 2.45) is 0 Å². The fraction of sp³-hybridized carbons (Fsp3) is 0.818. The van der Waals surface area contributed by atoms with Crippen molar-refractivity contribution in [2.45, 2.75) is 116 Å². The van der Waals surface area contributed by atoms with Crippen molar-refractivity contribution in [1.29, 1.82) is 0 Å². The third-order valence-corrected chi connectivity index (χ3v) is 5.02. The Balaban J connectivity index is 1.73. The predicted octanol–water partition coefficient (Wildman–Crippen LogP) is 7.24. The largest absolute Gasteiger partial charge is 0.342 e. The topological polar surface area (TPSA) is 45.8 Å². The Bertz CT molecular complexity index is 400. The number of Topliss-reactive ketones (excluding diaryl/α,β-unsaturated/α-hetero) is 1. The summed E-state index contributed by atoms with van der Waals surface area (Å²) < 4.78 is 0. The van der Waals surface area contributed by atoms with Gasteiger partial charge in [0.25, 0.3) is 0 Å². The fourth-order valence-electron chi connectivity index (χ4n) is 3.37. The first kappa shape index (κ1) is 21.9. The maximum Gasteiger partial charge on any atom is 0.198 e. The van der Waals surface area contributed by atoms with Gasteiger partial charge in [-0.25, -0.2) is 4.98 Å². The summed E-state index contributed by atoms with van der Waals surface area (Å²) in [5, 5.41) is 0. The standard InChI is InChI=1S/C22H40N2O/c1-2-3-4-5-6-7-8-9-10-11-12-13-14-15-16-17-18-21(25)22-23-19-20-24-22/h19-20H,2-18H2,1H3,(H,23,24). The summed E-state index contributed by atoms with van der Waals surface area (Å²) in [5.41, 5.74) is 0. The first-order valence-corrected chi connectivity index (χ1v) is 10.9. The van der Waals surface area contributed by atoms with Crippen LogP contribution in [-0.4, -0.2) is 15.8 Å². The lowest BCUT2D eigenvalue weighted by atomic mass is 10.0. The highest BCUT2D eigenvalue weighted by Crippen LogP contribution is 2.14. The summed E-state index contributed by atoms with van der Waals surface area (Å²) in [6.07, 6.45) is 25.7. The van der Waals surface area contributed by atoms with Gasteiger partial charge in [-0.15, -0.1) is 0 Å². The van der Waals surface area contributed by atoms with Crippen molar-refractivity contribution in [3.63, 3.8) is 0 Å². The summed E-state index contributed by atoms with van der Waals surface area (Å²) in [4.78, 5) is 18.6. The van der Waals surface area contributed by atoms with Crippen LogP contribution >= 0.6 is 0 Å². The van der Waals surface area contributed by atoms with Gasteiger partial charge in [-0.1, -0.05) is 103 Å². The Morgan fingerprint density at radius 1 is 0.760 bits per heavy atom. The molecule has 1 rings (SSSR count). The summed E-state index contributed by atoms with van der Waals surface area (Å²) in [6.45, 7) is 2.28. The van der Waals surface area contributed by atoms with Crippen molar-refractivity contribution in [2.75, 3.05) is 0 Å². The zero-order chi connectivity index (χ0) is 18.0. The van der Waals surface area contributed by atoms with E-state index in [1.54, 1.807) is 12.4 Å². The van der Waals surface area contributed by atoms with Gasteiger partial charge >= 0.3 is 0 Å². The quantitative estimate of drug-likeness (QED) is 0.224. The van der Waals surface area contributed by atoms with Crippen LogP contribution in [0.2, 0.25) is 0 Å². The van der Waals surface area contributed by atoms with Gasteiger partial charge in [0.2, 0.25) is 0 Å². The summed E-state index contributed by atoms with van der Waals surface area (Å²) in [7, 11) is 0. The lowest BCUT2D eigenvalue weighted by molar-refractivity contribution is 0.0970. The van der Waals surface area contributed by atoms with Gasteiger partial charge < -0.3 is 4.98 Å². The molecule has 0 atom stereocenters. The number of imidazole rings is 1. The molecule has 3 nitrogen and oxygen atoms in total.